The Kier molecular flexibility index (Phi) is 2.84. The van der Waals surface area contributed by atoms with E-state index in [9.17, 15) is 4.91 Å². The van der Waals surface area contributed by atoms with Crippen molar-refractivity contribution in [3.05, 3.63) is 58.1 Å². The number of benzene rings is 2. The average Bonchev–Trinajstić information content (AvgIpc) is 2.75. The first-order chi connectivity index (χ1) is 9.20. The van der Waals surface area contributed by atoms with Crippen LogP contribution >= 0.6 is 11.6 Å². The second-order valence-corrected chi connectivity index (χ2v) is 4.86. The molecule has 4 heteroatoms. The van der Waals surface area contributed by atoms with E-state index < -0.39 is 0 Å². The van der Waals surface area contributed by atoms with Gasteiger partial charge in [0.25, 0.3) is 0 Å². The molecule has 94 valence electrons. The highest BCUT2D eigenvalue weighted by atomic mass is 35.5. The van der Waals surface area contributed by atoms with Gasteiger partial charge in [-0.25, -0.2) is 0 Å². The van der Waals surface area contributed by atoms with E-state index >= 15 is 0 Å². The minimum Gasteiger partial charge on any atom is -0.358 e. The third-order valence-electron chi connectivity index (χ3n) is 3.22. The van der Waals surface area contributed by atoms with Crippen LogP contribution in [0, 0.1) is 11.8 Å². The van der Waals surface area contributed by atoms with Gasteiger partial charge in [-0.3, -0.25) is 0 Å². The predicted octanol–water partition coefficient (Wildman–Crippen LogP) is 5.19. The number of fused-ring (bicyclic) bond motifs is 1. The van der Waals surface area contributed by atoms with Crippen LogP contribution in [0.3, 0.4) is 0 Å². The van der Waals surface area contributed by atoms with E-state index in [1.807, 2.05) is 43.3 Å². The van der Waals surface area contributed by atoms with Gasteiger partial charge in [-0.2, -0.15) is 0 Å². The fourth-order valence-electron chi connectivity index (χ4n) is 2.41. The summed E-state index contributed by atoms with van der Waals surface area (Å²) in [5, 5.41) is 4.67. The van der Waals surface area contributed by atoms with Gasteiger partial charge in [0.15, 0.2) is 0 Å². The lowest BCUT2D eigenvalue weighted by atomic mass is 10.0. The monoisotopic (exact) mass is 270 g/mol. The fraction of sp³-hybridized carbons (Fsp3) is 0.0667. The molecule has 2 aromatic carbocycles. The van der Waals surface area contributed by atoms with Crippen molar-refractivity contribution < 1.29 is 0 Å². The molecule has 0 amide bonds. The first-order valence-electron chi connectivity index (χ1n) is 5.91. The van der Waals surface area contributed by atoms with E-state index in [4.69, 9.17) is 11.6 Å². The molecule has 1 heterocycles. The molecule has 3 nitrogen and oxygen atoms in total. The normalized spacial score (nSPS) is 10.8. The molecule has 1 aromatic heterocycles. The van der Waals surface area contributed by atoms with Crippen molar-refractivity contribution in [2.75, 3.05) is 0 Å². The molecule has 0 bridgehead atoms. The van der Waals surface area contributed by atoms with Gasteiger partial charge in [0, 0.05) is 27.2 Å². The van der Waals surface area contributed by atoms with E-state index in [1.165, 1.54) is 0 Å². The smallest absolute Gasteiger partial charge is 0.117 e. The van der Waals surface area contributed by atoms with E-state index in [2.05, 4.69) is 10.2 Å². The molecule has 0 aliphatic carbocycles. The molecule has 0 fully saturated rings. The summed E-state index contributed by atoms with van der Waals surface area (Å²) < 4.78 is 0. The number of nitroso groups, excluding NO2 is 1. The standard InChI is InChI=1S/C15H11ClN2O/c1-9-14(10-5-7-11(16)8-6-10)15-12(17-9)3-2-4-13(15)18-19/h2-8,17H,1H3. The first kappa shape index (κ1) is 11.9. The number of nitrogens with zero attached hydrogens (tertiary/aromatic N) is 1. The molecule has 3 aromatic rings. The Hall–Kier alpha value is -2.13. The molecule has 0 unspecified atom stereocenters. The van der Waals surface area contributed by atoms with Crippen LogP contribution in [0.2, 0.25) is 5.02 Å². The van der Waals surface area contributed by atoms with Crippen LogP contribution in [0.1, 0.15) is 5.69 Å². The van der Waals surface area contributed by atoms with Gasteiger partial charge in [0.2, 0.25) is 0 Å². The Morgan fingerprint density at radius 3 is 2.53 bits per heavy atom. The molecule has 0 atom stereocenters. The van der Waals surface area contributed by atoms with Crippen LogP contribution in [-0.4, -0.2) is 4.98 Å². The Morgan fingerprint density at radius 2 is 1.84 bits per heavy atom. The lowest BCUT2D eigenvalue weighted by Gasteiger charge is -2.03. The second kappa shape index (κ2) is 4.52. The highest BCUT2D eigenvalue weighted by Gasteiger charge is 2.14. The summed E-state index contributed by atoms with van der Waals surface area (Å²) in [5.41, 5.74) is 4.39. The Bertz CT molecular complexity index is 760. The maximum atomic E-state index is 11.0. The molecule has 3 rings (SSSR count). The zero-order valence-electron chi connectivity index (χ0n) is 10.3. The van der Waals surface area contributed by atoms with Crippen LogP contribution in [0.4, 0.5) is 5.69 Å². The molecular formula is C15H11ClN2O. The predicted molar refractivity (Wildman–Crippen MR) is 78.9 cm³/mol. The van der Waals surface area contributed by atoms with E-state index in [-0.39, 0.29) is 0 Å². The number of aromatic amines is 1. The van der Waals surface area contributed by atoms with Crippen molar-refractivity contribution in [1.29, 1.82) is 0 Å². The quantitative estimate of drug-likeness (QED) is 0.640. The molecule has 0 radical (unpaired) electrons. The van der Waals surface area contributed by atoms with Gasteiger partial charge in [0.1, 0.15) is 5.69 Å². The van der Waals surface area contributed by atoms with Gasteiger partial charge >= 0.3 is 0 Å². The van der Waals surface area contributed by atoms with Gasteiger partial charge in [-0.15, -0.1) is 4.91 Å². The zero-order valence-corrected chi connectivity index (χ0v) is 11.0. The Labute approximate surface area is 115 Å². The van der Waals surface area contributed by atoms with Crippen LogP contribution in [0.15, 0.2) is 47.6 Å². The van der Waals surface area contributed by atoms with Crippen molar-refractivity contribution in [3.63, 3.8) is 0 Å². The highest BCUT2D eigenvalue weighted by Crippen LogP contribution is 2.38. The number of halogens is 1. The number of H-pyrrole nitrogens is 1. The summed E-state index contributed by atoms with van der Waals surface area (Å²) in [6, 6.07) is 13.1. The average molecular weight is 271 g/mol. The lowest BCUT2D eigenvalue weighted by molar-refractivity contribution is 1.30. The van der Waals surface area contributed by atoms with Gasteiger partial charge < -0.3 is 4.98 Å². The number of nitrogens with one attached hydrogen (secondary N) is 1. The third-order valence-corrected chi connectivity index (χ3v) is 3.47. The van der Waals surface area contributed by atoms with E-state index in [0.29, 0.717) is 10.7 Å². The van der Waals surface area contributed by atoms with Crippen LogP contribution in [0.25, 0.3) is 22.0 Å². The number of hydrogen-bond acceptors (Lipinski definition) is 2. The van der Waals surface area contributed by atoms with Crippen LogP contribution < -0.4 is 0 Å². The zero-order chi connectivity index (χ0) is 13.4. The van der Waals surface area contributed by atoms with Crippen molar-refractivity contribution in [1.82, 2.24) is 4.98 Å². The van der Waals surface area contributed by atoms with E-state index in [0.717, 1.165) is 27.7 Å². The maximum Gasteiger partial charge on any atom is 0.117 e. The summed E-state index contributed by atoms with van der Waals surface area (Å²) in [6.45, 7) is 1.98. The third kappa shape index (κ3) is 1.92. The summed E-state index contributed by atoms with van der Waals surface area (Å²) >= 11 is 5.91. The second-order valence-electron chi connectivity index (χ2n) is 4.42. The summed E-state index contributed by atoms with van der Waals surface area (Å²) in [6.07, 6.45) is 0. The van der Waals surface area contributed by atoms with E-state index in [1.54, 1.807) is 6.07 Å². The summed E-state index contributed by atoms with van der Waals surface area (Å²) in [7, 11) is 0. The molecule has 1 N–H and O–H groups in total. The van der Waals surface area contributed by atoms with Crippen molar-refractivity contribution in [3.8, 4) is 11.1 Å². The molecule has 0 aliphatic rings. The topological polar surface area (TPSA) is 45.2 Å². The SMILES string of the molecule is Cc1[nH]c2cccc(N=O)c2c1-c1ccc(Cl)cc1. The molecule has 0 spiro atoms. The van der Waals surface area contributed by atoms with Gasteiger partial charge in [0.05, 0.1) is 0 Å². The maximum absolute atomic E-state index is 11.0. The van der Waals surface area contributed by atoms with Crippen molar-refractivity contribution in [2.45, 2.75) is 6.92 Å². The Morgan fingerprint density at radius 1 is 1.11 bits per heavy atom. The summed E-state index contributed by atoms with van der Waals surface area (Å²) in [5.74, 6) is 0. The van der Waals surface area contributed by atoms with Crippen molar-refractivity contribution in [2.24, 2.45) is 5.18 Å². The number of aryl methyl sites for hydroxylation is 1. The minimum atomic E-state index is 0.451. The van der Waals surface area contributed by atoms with Gasteiger partial charge in [-0.1, -0.05) is 29.8 Å². The molecule has 19 heavy (non-hydrogen) atoms. The fourth-order valence-corrected chi connectivity index (χ4v) is 2.54. The first-order valence-corrected chi connectivity index (χ1v) is 6.29. The number of rotatable bonds is 2. The van der Waals surface area contributed by atoms with Crippen LogP contribution in [0.5, 0.6) is 0 Å². The summed E-state index contributed by atoms with van der Waals surface area (Å²) in [4.78, 5) is 14.3. The van der Waals surface area contributed by atoms with Crippen LogP contribution in [-0.2, 0) is 0 Å². The molecular weight excluding hydrogens is 260 g/mol. The van der Waals surface area contributed by atoms with Gasteiger partial charge in [-0.05, 0) is 41.9 Å². The largest absolute Gasteiger partial charge is 0.358 e. The Balaban J connectivity index is 2.36. The minimum absolute atomic E-state index is 0.451. The van der Waals surface area contributed by atoms with Crippen molar-refractivity contribution >= 4 is 28.2 Å². The number of hydrogen-bond donors (Lipinski definition) is 1. The molecule has 0 saturated heterocycles. The highest BCUT2D eigenvalue weighted by molar-refractivity contribution is 6.30. The molecule has 0 saturated carbocycles. The number of aromatic nitrogens is 1. The lowest BCUT2D eigenvalue weighted by Crippen LogP contribution is -1.79. The molecule has 0 aliphatic heterocycles.